The van der Waals surface area contributed by atoms with E-state index in [9.17, 15) is 19.8 Å². The molecule has 0 atom stereocenters. The Morgan fingerprint density at radius 3 is 2.58 bits per heavy atom. The number of ether oxygens (including phenoxy) is 1. The molecule has 0 aliphatic carbocycles. The summed E-state index contributed by atoms with van der Waals surface area (Å²) in [7, 11) is 0. The summed E-state index contributed by atoms with van der Waals surface area (Å²) >= 11 is 6.40. The number of phenols is 2. The van der Waals surface area contributed by atoms with Crippen LogP contribution >= 0.6 is 11.6 Å². The third-order valence-electron chi connectivity index (χ3n) is 6.95. The number of nitrogens with one attached hydrogen (secondary N) is 1. The number of aromatic nitrogens is 2. The minimum Gasteiger partial charge on any atom is -0.504 e. The van der Waals surface area contributed by atoms with E-state index < -0.39 is 5.60 Å². The Labute approximate surface area is 237 Å². The zero-order valence-electron chi connectivity index (χ0n) is 22.6. The number of amides is 2. The van der Waals surface area contributed by atoms with E-state index in [0.717, 1.165) is 18.4 Å². The molecule has 0 unspecified atom stereocenters. The Balaban J connectivity index is 1.38. The van der Waals surface area contributed by atoms with Crippen molar-refractivity contribution in [1.82, 2.24) is 14.9 Å². The number of nitrogens with zero attached hydrogens (tertiary/aromatic N) is 4. The second kappa shape index (κ2) is 10.8. The smallest absolute Gasteiger partial charge is 0.410 e. The molecule has 2 aliphatic heterocycles. The van der Waals surface area contributed by atoms with Crippen molar-refractivity contribution in [3.05, 3.63) is 53.2 Å². The molecule has 5 rings (SSSR count). The Hall–Kier alpha value is -4.05. The van der Waals surface area contributed by atoms with Crippen LogP contribution in [-0.4, -0.2) is 62.3 Å². The van der Waals surface area contributed by atoms with Crippen LogP contribution in [0.15, 0.2) is 42.6 Å². The van der Waals surface area contributed by atoms with E-state index in [1.807, 2.05) is 26.8 Å². The molecule has 0 spiro atoms. The van der Waals surface area contributed by atoms with Gasteiger partial charge in [0.1, 0.15) is 5.60 Å². The van der Waals surface area contributed by atoms with Gasteiger partial charge < -0.3 is 30.1 Å². The van der Waals surface area contributed by atoms with Crippen LogP contribution in [-0.2, 0) is 16.0 Å². The van der Waals surface area contributed by atoms with E-state index in [1.54, 1.807) is 34.2 Å². The van der Waals surface area contributed by atoms with E-state index in [1.165, 1.54) is 12.1 Å². The van der Waals surface area contributed by atoms with Gasteiger partial charge in [0.25, 0.3) is 0 Å². The number of carbonyl (C=O) groups excluding carboxylic acids is 2. The molecule has 2 aliphatic rings. The van der Waals surface area contributed by atoms with Crippen molar-refractivity contribution in [1.29, 1.82) is 0 Å². The van der Waals surface area contributed by atoms with Gasteiger partial charge >= 0.3 is 6.09 Å². The number of hydrogen-bond donors (Lipinski definition) is 3. The molecule has 11 heteroatoms. The fourth-order valence-corrected chi connectivity index (χ4v) is 5.13. The largest absolute Gasteiger partial charge is 0.504 e. The first-order chi connectivity index (χ1) is 19.0. The summed E-state index contributed by atoms with van der Waals surface area (Å²) in [6.45, 7) is 7.18. The van der Waals surface area contributed by atoms with Gasteiger partial charge in [0, 0.05) is 53.7 Å². The van der Waals surface area contributed by atoms with Crippen molar-refractivity contribution >= 4 is 40.9 Å². The quantitative estimate of drug-likeness (QED) is 0.280. The molecule has 3 N–H and O–H groups in total. The van der Waals surface area contributed by atoms with Crippen molar-refractivity contribution < 1.29 is 24.5 Å². The molecule has 0 radical (unpaired) electrons. The van der Waals surface area contributed by atoms with Crippen LogP contribution < -0.4 is 10.2 Å². The summed E-state index contributed by atoms with van der Waals surface area (Å²) < 4.78 is 5.52. The number of halogens is 1. The molecule has 3 heterocycles. The molecule has 210 valence electrons. The van der Waals surface area contributed by atoms with Gasteiger partial charge in [0.2, 0.25) is 11.9 Å². The number of aromatic hydroxyl groups is 2. The van der Waals surface area contributed by atoms with Crippen LogP contribution in [0.4, 0.5) is 22.1 Å². The number of likely N-dealkylation sites (tertiary alicyclic amines) is 1. The van der Waals surface area contributed by atoms with Gasteiger partial charge in [-0.1, -0.05) is 11.6 Å². The summed E-state index contributed by atoms with van der Waals surface area (Å²) in [5.41, 5.74) is 2.69. The zero-order valence-corrected chi connectivity index (χ0v) is 23.4. The molecule has 1 fully saturated rings. The zero-order chi connectivity index (χ0) is 28.6. The van der Waals surface area contributed by atoms with Crippen LogP contribution in [0, 0.1) is 5.92 Å². The molecule has 3 aromatic rings. The van der Waals surface area contributed by atoms with Gasteiger partial charge in [0.05, 0.1) is 17.8 Å². The van der Waals surface area contributed by atoms with Gasteiger partial charge in [0.15, 0.2) is 11.5 Å². The van der Waals surface area contributed by atoms with Crippen molar-refractivity contribution in [2.45, 2.75) is 45.6 Å². The minimum atomic E-state index is -0.547. The van der Waals surface area contributed by atoms with Gasteiger partial charge in [-0.15, -0.1) is 0 Å². The number of rotatable bonds is 4. The Morgan fingerprint density at radius 1 is 1.12 bits per heavy atom. The number of fused-ring (bicyclic) bond motifs is 3. The molecule has 40 heavy (non-hydrogen) atoms. The molecule has 2 aromatic carbocycles. The third kappa shape index (κ3) is 6.07. The average Bonchev–Trinajstić information content (AvgIpc) is 2.99. The van der Waals surface area contributed by atoms with Crippen molar-refractivity contribution in [2.24, 2.45) is 5.92 Å². The molecule has 1 saturated heterocycles. The highest BCUT2D eigenvalue weighted by Gasteiger charge is 2.32. The van der Waals surface area contributed by atoms with E-state index in [2.05, 4.69) is 10.3 Å². The lowest BCUT2D eigenvalue weighted by molar-refractivity contribution is -0.118. The lowest BCUT2D eigenvalue weighted by atomic mass is 9.96. The molecule has 10 nitrogen and oxygen atoms in total. The summed E-state index contributed by atoms with van der Waals surface area (Å²) in [4.78, 5) is 38.7. The maximum absolute atomic E-state index is 13.6. The number of carbonyl (C=O) groups is 2. The Kier molecular flexibility index (Phi) is 7.46. The summed E-state index contributed by atoms with van der Waals surface area (Å²) in [5.74, 6) is -0.0999. The van der Waals surface area contributed by atoms with Crippen LogP contribution in [0.1, 0.15) is 39.2 Å². The lowest BCUT2D eigenvalue weighted by Crippen LogP contribution is -2.44. The van der Waals surface area contributed by atoms with E-state index >= 15 is 0 Å². The highest BCUT2D eigenvalue weighted by atomic mass is 35.5. The number of benzene rings is 2. The topological polar surface area (TPSA) is 128 Å². The molecule has 0 saturated carbocycles. The van der Waals surface area contributed by atoms with Crippen molar-refractivity contribution in [3.8, 4) is 22.8 Å². The second-order valence-electron chi connectivity index (χ2n) is 11.1. The van der Waals surface area contributed by atoms with Crippen molar-refractivity contribution in [3.63, 3.8) is 0 Å². The first-order valence-corrected chi connectivity index (χ1v) is 13.6. The summed E-state index contributed by atoms with van der Waals surface area (Å²) in [6, 6.07) is 9.75. The van der Waals surface area contributed by atoms with E-state index in [-0.39, 0.29) is 41.8 Å². The van der Waals surface area contributed by atoms with Crippen molar-refractivity contribution in [2.75, 3.05) is 29.9 Å². The molecule has 0 bridgehead atoms. The highest BCUT2D eigenvalue weighted by molar-refractivity contribution is 6.31. The van der Waals surface area contributed by atoms with Crippen LogP contribution in [0.5, 0.6) is 11.5 Å². The van der Waals surface area contributed by atoms with E-state index in [4.69, 9.17) is 21.3 Å². The van der Waals surface area contributed by atoms with Crippen LogP contribution in [0.2, 0.25) is 5.02 Å². The predicted molar refractivity (Wildman–Crippen MR) is 152 cm³/mol. The minimum absolute atomic E-state index is 0.0791. The predicted octanol–water partition coefficient (Wildman–Crippen LogP) is 5.49. The molecular formula is C29H32ClN5O5. The second-order valence-corrected chi connectivity index (χ2v) is 11.6. The SMILES string of the molecule is CC(C)(C)OC(=O)N1CCC(CN2C(=O)Cc3cnc(Nc4ccc(O)c(O)c4)nc3-c3ccc(Cl)cc32)CC1. The van der Waals surface area contributed by atoms with Gasteiger partial charge in [-0.05, 0) is 69.9 Å². The number of phenolic OH excluding ortho intramolecular Hbond substituents is 2. The number of anilines is 3. The third-order valence-corrected chi connectivity index (χ3v) is 7.19. The lowest BCUT2D eigenvalue weighted by Gasteiger charge is -2.35. The molecule has 1 aromatic heterocycles. The maximum Gasteiger partial charge on any atom is 0.410 e. The fourth-order valence-electron chi connectivity index (χ4n) is 4.96. The van der Waals surface area contributed by atoms with Gasteiger partial charge in [-0.2, -0.15) is 0 Å². The summed E-state index contributed by atoms with van der Waals surface area (Å²) in [6.07, 6.45) is 2.94. The normalized spacial score (nSPS) is 15.8. The first kappa shape index (κ1) is 27.5. The van der Waals surface area contributed by atoms with E-state index in [0.29, 0.717) is 47.3 Å². The number of piperidine rings is 1. The Bertz CT molecular complexity index is 1450. The highest BCUT2D eigenvalue weighted by Crippen LogP contribution is 2.39. The van der Waals surface area contributed by atoms with Gasteiger partial charge in [-0.25, -0.2) is 14.8 Å². The van der Waals surface area contributed by atoms with Crippen LogP contribution in [0.3, 0.4) is 0 Å². The molecule has 2 amide bonds. The first-order valence-electron chi connectivity index (χ1n) is 13.2. The summed E-state index contributed by atoms with van der Waals surface area (Å²) in [5, 5.41) is 23.0. The standard InChI is InChI=1S/C29H32ClN5O5/c1-29(2,3)40-28(39)34-10-8-17(9-11-34)16-35-22-13-19(30)4-6-21(22)26-18(12-25(35)38)15-31-27(33-26)32-20-5-7-23(36)24(37)14-20/h4-7,13-15,17,36-37H,8-12,16H2,1-3H3,(H,31,32,33). The van der Waals surface area contributed by atoms with Crippen LogP contribution in [0.25, 0.3) is 11.3 Å². The monoisotopic (exact) mass is 565 g/mol. The average molecular weight is 566 g/mol. The molecular weight excluding hydrogens is 534 g/mol. The Morgan fingerprint density at radius 2 is 1.88 bits per heavy atom. The fraction of sp³-hybridized carbons (Fsp3) is 0.379. The maximum atomic E-state index is 13.6. The van der Waals surface area contributed by atoms with Gasteiger partial charge in [-0.3, -0.25) is 4.79 Å². The number of hydrogen-bond acceptors (Lipinski definition) is 8.